The molecule has 0 fully saturated rings. The van der Waals surface area contributed by atoms with E-state index in [0.29, 0.717) is 18.7 Å². The number of hydrogen-bond donors (Lipinski definition) is 2. The Balaban J connectivity index is 1.72. The SMILES string of the molecule is CC(=O)NCc1ccc(C(=O)NCCCN(C)c2ccccc2)cc1. The number of anilines is 1. The average Bonchev–Trinajstić information content (AvgIpc) is 2.64. The second-order valence-corrected chi connectivity index (χ2v) is 5.97. The second-order valence-electron chi connectivity index (χ2n) is 5.97. The van der Waals surface area contributed by atoms with Crippen molar-refractivity contribution in [2.75, 3.05) is 25.0 Å². The molecular formula is C20H25N3O2. The molecule has 5 heteroatoms. The molecular weight excluding hydrogens is 314 g/mol. The van der Waals surface area contributed by atoms with Crippen LogP contribution in [0.15, 0.2) is 54.6 Å². The van der Waals surface area contributed by atoms with E-state index in [-0.39, 0.29) is 11.8 Å². The number of rotatable bonds is 8. The van der Waals surface area contributed by atoms with Gasteiger partial charge in [-0.3, -0.25) is 9.59 Å². The fraction of sp³-hybridized carbons (Fsp3) is 0.300. The number of para-hydroxylation sites is 1. The zero-order valence-corrected chi connectivity index (χ0v) is 14.8. The smallest absolute Gasteiger partial charge is 0.251 e. The molecule has 2 aromatic rings. The van der Waals surface area contributed by atoms with Crippen LogP contribution in [0.25, 0.3) is 0 Å². The first-order chi connectivity index (χ1) is 12.1. The van der Waals surface area contributed by atoms with Gasteiger partial charge in [-0.2, -0.15) is 0 Å². The minimum Gasteiger partial charge on any atom is -0.375 e. The van der Waals surface area contributed by atoms with Crippen molar-refractivity contribution in [3.8, 4) is 0 Å². The highest BCUT2D eigenvalue weighted by Gasteiger charge is 2.05. The molecule has 0 radical (unpaired) electrons. The van der Waals surface area contributed by atoms with Crippen LogP contribution in [-0.4, -0.2) is 32.0 Å². The van der Waals surface area contributed by atoms with E-state index in [1.807, 2.05) is 37.4 Å². The van der Waals surface area contributed by atoms with Gasteiger partial charge in [-0.05, 0) is 36.2 Å². The Labute approximate surface area is 149 Å². The number of nitrogens with zero attached hydrogens (tertiary/aromatic N) is 1. The molecule has 0 aliphatic heterocycles. The van der Waals surface area contributed by atoms with Gasteiger partial charge in [0.15, 0.2) is 0 Å². The molecule has 2 rings (SSSR count). The molecule has 0 heterocycles. The molecule has 0 unspecified atom stereocenters. The van der Waals surface area contributed by atoms with E-state index < -0.39 is 0 Å². The van der Waals surface area contributed by atoms with Gasteiger partial charge in [-0.25, -0.2) is 0 Å². The predicted octanol–water partition coefficient (Wildman–Crippen LogP) is 2.58. The molecule has 0 bridgehead atoms. The molecule has 0 saturated carbocycles. The van der Waals surface area contributed by atoms with E-state index in [9.17, 15) is 9.59 Å². The summed E-state index contributed by atoms with van der Waals surface area (Å²) < 4.78 is 0. The maximum Gasteiger partial charge on any atom is 0.251 e. The van der Waals surface area contributed by atoms with Gasteiger partial charge in [0.1, 0.15) is 0 Å². The minimum atomic E-state index is -0.0755. The summed E-state index contributed by atoms with van der Waals surface area (Å²) in [5, 5.41) is 5.67. The second kappa shape index (κ2) is 9.47. The summed E-state index contributed by atoms with van der Waals surface area (Å²) in [5.41, 5.74) is 2.77. The summed E-state index contributed by atoms with van der Waals surface area (Å²) in [6.45, 7) is 3.46. The summed E-state index contributed by atoms with van der Waals surface area (Å²) >= 11 is 0. The molecule has 0 spiro atoms. The van der Waals surface area contributed by atoms with Crippen molar-refractivity contribution in [3.63, 3.8) is 0 Å². The molecule has 0 saturated heterocycles. The largest absolute Gasteiger partial charge is 0.375 e. The lowest BCUT2D eigenvalue weighted by Crippen LogP contribution is -2.28. The lowest BCUT2D eigenvalue weighted by molar-refractivity contribution is -0.119. The van der Waals surface area contributed by atoms with Crippen molar-refractivity contribution >= 4 is 17.5 Å². The van der Waals surface area contributed by atoms with E-state index in [4.69, 9.17) is 0 Å². The quantitative estimate of drug-likeness (QED) is 0.727. The molecule has 132 valence electrons. The van der Waals surface area contributed by atoms with Crippen molar-refractivity contribution in [1.82, 2.24) is 10.6 Å². The van der Waals surface area contributed by atoms with Gasteiger partial charge >= 0.3 is 0 Å². The van der Waals surface area contributed by atoms with Gasteiger partial charge in [-0.1, -0.05) is 30.3 Å². The van der Waals surface area contributed by atoms with Crippen LogP contribution in [0.4, 0.5) is 5.69 Å². The predicted molar refractivity (Wildman–Crippen MR) is 101 cm³/mol. The van der Waals surface area contributed by atoms with Gasteiger partial charge in [0.05, 0.1) is 0 Å². The van der Waals surface area contributed by atoms with Gasteiger partial charge < -0.3 is 15.5 Å². The van der Waals surface area contributed by atoms with Crippen molar-refractivity contribution in [2.24, 2.45) is 0 Å². The van der Waals surface area contributed by atoms with Crippen LogP contribution in [0.5, 0.6) is 0 Å². The molecule has 0 aliphatic carbocycles. The zero-order valence-electron chi connectivity index (χ0n) is 14.8. The lowest BCUT2D eigenvalue weighted by atomic mass is 10.1. The minimum absolute atomic E-state index is 0.0673. The number of amides is 2. The number of hydrogen-bond acceptors (Lipinski definition) is 3. The molecule has 2 aromatic carbocycles. The molecule has 5 nitrogen and oxygen atoms in total. The Bertz CT molecular complexity index is 684. The van der Waals surface area contributed by atoms with E-state index in [0.717, 1.165) is 18.5 Å². The number of benzene rings is 2. The summed E-state index contributed by atoms with van der Waals surface area (Å²) in [6, 6.07) is 17.4. The topological polar surface area (TPSA) is 61.4 Å². The molecule has 2 N–H and O–H groups in total. The zero-order chi connectivity index (χ0) is 18.1. The maximum absolute atomic E-state index is 12.1. The Kier molecular flexibility index (Phi) is 7.01. The Hall–Kier alpha value is -2.82. The Morgan fingerprint density at radius 3 is 2.28 bits per heavy atom. The molecule has 2 amide bonds. The summed E-state index contributed by atoms with van der Waals surface area (Å²) in [5.74, 6) is -0.143. The first-order valence-electron chi connectivity index (χ1n) is 8.44. The lowest BCUT2D eigenvalue weighted by Gasteiger charge is -2.19. The Morgan fingerprint density at radius 1 is 0.960 bits per heavy atom. The van der Waals surface area contributed by atoms with Crippen LogP contribution >= 0.6 is 0 Å². The molecule has 0 aliphatic rings. The van der Waals surface area contributed by atoms with Crippen LogP contribution in [0.2, 0.25) is 0 Å². The van der Waals surface area contributed by atoms with Gasteiger partial charge in [0.2, 0.25) is 5.91 Å². The normalized spacial score (nSPS) is 10.2. The standard InChI is InChI=1S/C20H25N3O2/c1-16(24)22-15-17-9-11-18(12-10-17)20(25)21-13-6-14-23(2)19-7-4-3-5-8-19/h3-5,7-12H,6,13-15H2,1-2H3,(H,21,25)(H,22,24). The maximum atomic E-state index is 12.1. The fourth-order valence-electron chi connectivity index (χ4n) is 2.43. The van der Waals surface area contributed by atoms with E-state index in [2.05, 4.69) is 27.7 Å². The van der Waals surface area contributed by atoms with Gasteiger partial charge in [0.25, 0.3) is 5.91 Å². The summed E-state index contributed by atoms with van der Waals surface area (Å²) in [7, 11) is 2.05. The van der Waals surface area contributed by atoms with E-state index in [1.165, 1.54) is 12.6 Å². The van der Waals surface area contributed by atoms with Crippen LogP contribution in [0.1, 0.15) is 29.3 Å². The van der Waals surface area contributed by atoms with Crippen LogP contribution in [0, 0.1) is 0 Å². The fourth-order valence-corrected chi connectivity index (χ4v) is 2.43. The first kappa shape index (κ1) is 18.5. The highest BCUT2D eigenvalue weighted by atomic mass is 16.2. The number of nitrogens with one attached hydrogen (secondary N) is 2. The van der Waals surface area contributed by atoms with Gasteiger partial charge in [0, 0.05) is 44.9 Å². The third kappa shape index (κ3) is 6.30. The summed E-state index contributed by atoms with van der Waals surface area (Å²) in [6.07, 6.45) is 0.873. The van der Waals surface area contributed by atoms with E-state index >= 15 is 0 Å². The Morgan fingerprint density at radius 2 is 1.64 bits per heavy atom. The van der Waals surface area contributed by atoms with Crippen LogP contribution in [0.3, 0.4) is 0 Å². The highest BCUT2D eigenvalue weighted by molar-refractivity contribution is 5.94. The van der Waals surface area contributed by atoms with Crippen molar-refractivity contribution in [2.45, 2.75) is 19.9 Å². The van der Waals surface area contributed by atoms with Crippen molar-refractivity contribution in [1.29, 1.82) is 0 Å². The third-order valence-corrected chi connectivity index (χ3v) is 3.91. The van der Waals surface area contributed by atoms with Crippen molar-refractivity contribution in [3.05, 3.63) is 65.7 Å². The van der Waals surface area contributed by atoms with E-state index in [1.54, 1.807) is 12.1 Å². The average molecular weight is 339 g/mol. The van der Waals surface area contributed by atoms with Gasteiger partial charge in [-0.15, -0.1) is 0 Å². The van der Waals surface area contributed by atoms with Crippen molar-refractivity contribution < 1.29 is 9.59 Å². The van der Waals surface area contributed by atoms with Crippen LogP contribution < -0.4 is 15.5 Å². The van der Waals surface area contributed by atoms with Crippen LogP contribution in [-0.2, 0) is 11.3 Å². The third-order valence-electron chi connectivity index (χ3n) is 3.91. The number of carbonyl (C=O) groups excluding carboxylic acids is 2. The summed E-state index contributed by atoms with van der Waals surface area (Å²) in [4.78, 5) is 25.2. The molecule has 0 aromatic heterocycles. The highest BCUT2D eigenvalue weighted by Crippen LogP contribution is 2.10. The molecule has 0 atom stereocenters. The monoisotopic (exact) mass is 339 g/mol. The molecule has 25 heavy (non-hydrogen) atoms. The number of carbonyl (C=O) groups is 2. The first-order valence-corrected chi connectivity index (χ1v) is 8.44.